The van der Waals surface area contributed by atoms with Gasteiger partial charge in [0.2, 0.25) is 0 Å². The summed E-state index contributed by atoms with van der Waals surface area (Å²) in [4.78, 5) is 19.4. The highest BCUT2D eigenvalue weighted by atomic mass is 16.4. The van der Waals surface area contributed by atoms with Gasteiger partial charge in [-0.3, -0.25) is 4.79 Å². The van der Waals surface area contributed by atoms with Gasteiger partial charge in [-0.1, -0.05) is 13.8 Å². The van der Waals surface area contributed by atoms with Crippen LogP contribution in [0.4, 0.5) is 0 Å². The molecular weight excluding hydrogens is 220 g/mol. The van der Waals surface area contributed by atoms with Gasteiger partial charge >= 0.3 is 5.97 Å². The Hall–Kier alpha value is -1.98. The number of fused-ring (bicyclic) bond motifs is 1. The lowest BCUT2D eigenvalue weighted by Gasteiger charge is -2.15. The molecule has 90 valence electrons. The number of aromatic nitrogens is 4. The number of aryl methyl sites for hydroxylation is 1. The maximum atomic E-state index is 11.2. The molecule has 17 heavy (non-hydrogen) atoms. The monoisotopic (exact) mass is 234 g/mol. The molecule has 6 heteroatoms. The van der Waals surface area contributed by atoms with Gasteiger partial charge in [-0.25, -0.2) is 9.50 Å². The fourth-order valence-corrected chi connectivity index (χ4v) is 1.87. The molecule has 0 fully saturated rings. The minimum absolute atomic E-state index is 0.00336. The van der Waals surface area contributed by atoms with Gasteiger partial charge in [0, 0.05) is 18.0 Å². The van der Waals surface area contributed by atoms with Crippen LogP contribution >= 0.6 is 0 Å². The van der Waals surface area contributed by atoms with Gasteiger partial charge in [-0.05, 0) is 12.8 Å². The number of nitrogens with zero attached hydrogens (tertiary/aromatic N) is 4. The number of rotatable bonds is 3. The van der Waals surface area contributed by atoms with Gasteiger partial charge in [0.25, 0.3) is 5.78 Å². The molecule has 0 aliphatic carbocycles. The lowest BCUT2D eigenvalue weighted by Crippen LogP contribution is -2.18. The molecule has 0 saturated heterocycles. The van der Waals surface area contributed by atoms with Crippen LogP contribution in [-0.2, 0) is 4.79 Å². The Bertz CT molecular complexity index is 562. The van der Waals surface area contributed by atoms with E-state index >= 15 is 0 Å². The van der Waals surface area contributed by atoms with E-state index in [1.807, 2.05) is 13.8 Å². The van der Waals surface area contributed by atoms with Crippen molar-refractivity contribution in [3.63, 3.8) is 0 Å². The molecule has 2 rings (SSSR count). The Morgan fingerprint density at radius 2 is 2.18 bits per heavy atom. The Balaban J connectivity index is 2.50. The molecule has 2 heterocycles. The highest BCUT2D eigenvalue weighted by Gasteiger charge is 2.24. The van der Waals surface area contributed by atoms with Crippen molar-refractivity contribution in [2.24, 2.45) is 5.92 Å². The molecule has 0 amide bonds. The summed E-state index contributed by atoms with van der Waals surface area (Å²) < 4.78 is 1.52. The van der Waals surface area contributed by atoms with Crippen molar-refractivity contribution in [3.8, 4) is 0 Å². The third-order valence-corrected chi connectivity index (χ3v) is 2.61. The van der Waals surface area contributed by atoms with Crippen molar-refractivity contribution >= 4 is 11.7 Å². The number of hydrogen-bond acceptors (Lipinski definition) is 4. The van der Waals surface area contributed by atoms with Crippen molar-refractivity contribution in [2.45, 2.75) is 26.7 Å². The van der Waals surface area contributed by atoms with Crippen LogP contribution in [-0.4, -0.2) is 30.7 Å². The average Bonchev–Trinajstić information content (AvgIpc) is 2.56. The Morgan fingerprint density at radius 1 is 1.47 bits per heavy atom. The van der Waals surface area contributed by atoms with E-state index in [1.165, 1.54) is 4.52 Å². The smallest absolute Gasteiger partial charge is 0.311 e. The Labute approximate surface area is 98.3 Å². The first-order chi connectivity index (χ1) is 7.99. The molecule has 1 N–H and O–H groups in total. The minimum Gasteiger partial charge on any atom is -0.481 e. The first-order valence-electron chi connectivity index (χ1n) is 5.40. The van der Waals surface area contributed by atoms with E-state index in [0.29, 0.717) is 17.2 Å². The van der Waals surface area contributed by atoms with E-state index < -0.39 is 11.9 Å². The van der Waals surface area contributed by atoms with Crippen LogP contribution in [0.15, 0.2) is 12.4 Å². The quantitative estimate of drug-likeness (QED) is 0.864. The van der Waals surface area contributed by atoms with Gasteiger partial charge in [-0.15, -0.1) is 0 Å². The number of carboxylic acids is 1. The molecule has 0 aliphatic rings. The highest BCUT2D eigenvalue weighted by Crippen LogP contribution is 2.23. The molecule has 0 bridgehead atoms. The summed E-state index contributed by atoms with van der Waals surface area (Å²) in [6, 6.07) is 0. The molecule has 0 radical (unpaired) electrons. The zero-order chi connectivity index (χ0) is 12.6. The summed E-state index contributed by atoms with van der Waals surface area (Å²) in [6.45, 7) is 5.51. The molecule has 1 unspecified atom stereocenters. The summed E-state index contributed by atoms with van der Waals surface area (Å²) in [5, 5.41) is 13.3. The Kier molecular flexibility index (Phi) is 2.79. The van der Waals surface area contributed by atoms with Gasteiger partial charge in [0.15, 0.2) is 0 Å². The van der Waals surface area contributed by atoms with Crippen molar-refractivity contribution in [2.75, 3.05) is 0 Å². The third kappa shape index (κ3) is 2.11. The standard InChI is InChI=1S/C11H14N4O2/c1-6(2)9(10(16)17)8-4-12-11-13-7(3)14-15(11)5-8/h4-6,9H,1-3H3,(H,16,17). The van der Waals surface area contributed by atoms with Crippen LogP contribution in [0.2, 0.25) is 0 Å². The molecule has 2 aromatic rings. The summed E-state index contributed by atoms with van der Waals surface area (Å²) >= 11 is 0. The van der Waals surface area contributed by atoms with E-state index in [0.717, 1.165) is 0 Å². The molecule has 0 spiro atoms. The SMILES string of the molecule is Cc1nc2ncc(C(C(=O)O)C(C)C)cn2n1. The molecule has 0 aliphatic heterocycles. The largest absolute Gasteiger partial charge is 0.481 e. The van der Waals surface area contributed by atoms with Crippen molar-refractivity contribution in [3.05, 3.63) is 23.8 Å². The number of carbonyl (C=O) groups is 1. The second-order valence-corrected chi connectivity index (χ2v) is 4.35. The van der Waals surface area contributed by atoms with E-state index in [1.54, 1.807) is 19.3 Å². The molecule has 6 nitrogen and oxygen atoms in total. The van der Waals surface area contributed by atoms with Gasteiger partial charge < -0.3 is 5.11 Å². The zero-order valence-electron chi connectivity index (χ0n) is 9.95. The topological polar surface area (TPSA) is 80.4 Å². The number of carboxylic acid groups (broad SMARTS) is 1. The molecule has 2 aromatic heterocycles. The maximum Gasteiger partial charge on any atom is 0.311 e. The molecule has 1 atom stereocenters. The molecular formula is C11H14N4O2. The fourth-order valence-electron chi connectivity index (χ4n) is 1.87. The third-order valence-electron chi connectivity index (χ3n) is 2.61. The normalized spacial score (nSPS) is 13.2. The average molecular weight is 234 g/mol. The predicted molar refractivity (Wildman–Crippen MR) is 60.7 cm³/mol. The molecule has 0 saturated carbocycles. The fraction of sp³-hybridized carbons (Fsp3) is 0.455. The summed E-state index contributed by atoms with van der Waals surface area (Å²) in [6.07, 6.45) is 3.24. The summed E-state index contributed by atoms with van der Waals surface area (Å²) in [7, 11) is 0. The lowest BCUT2D eigenvalue weighted by molar-refractivity contribution is -0.139. The highest BCUT2D eigenvalue weighted by molar-refractivity contribution is 5.76. The van der Waals surface area contributed by atoms with Crippen molar-refractivity contribution < 1.29 is 9.90 Å². The van der Waals surface area contributed by atoms with E-state index in [2.05, 4.69) is 15.1 Å². The number of hydrogen-bond donors (Lipinski definition) is 1. The van der Waals surface area contributed by atoms with Crippen LogP contribution in [0.3, 0.4) is 0 Å². The Morgan fingerprint density at radius 3 is 2.76 bits per heavy atom. The maximum absolute atomic E-state index is 11.2. The van der Waals surface area contributed by atoms with Crippen LogP contribution in [0.5, 0.6) is 0 Å². The van der Waals surface area contributed by atoms with Crippen molar-refractivity contribution in [1.82, 2.24) is 19.6 Å². The van der Waals surface area contributed by atoms with E-state index in [9.17, 15) is 9.90 Å². The number of aliphatic carboxylic acids is 1. The first kappa shape index (κ1) is 11.5. The van der Waals surface area contributed by atoms with Gasteiger partial charge in [0.1, 0.15) is 5.82 Å². The lowest BCUT2D eigenvalue weighted by atomic mass is 9.90. The summed E-state index contributed by atoms with van der Waals surface area (Å²) in [5.41, 5.74) is 0.643. The van der Waals surface area contributed by atoms with Crippen molar-refractivity contribution in [1.29, 1.82) is 0 Å². The van der Waals surface area contributed by atoms with Gasteiger partial charge in [-0.2, -0.15) is 10.1 Å². The first-order valence-corrected chi connectivity index (χ1v) is 5.40. The van der Waals surface area contributed by atoms with Crippen LogP contribution in [0.1, 0.15) is 31.2 Å². The van der Waals surface area contributed by atoms with Crippen LogP contribution < -0.4 is 0 Å². The second kappa shape index (κ2) is 4.12. The van der Waals surface area contributed by atoms with Crippen LogP contribution in [0, 0.1) is 12.8 Å². The predicted octanol–water partition coefficient (Wildman–Crippen LogP) is 1.26. The summed E-state index contributed by atoms with van der Waals surface area (Å²) in [5.74, 6) is -0.323. The second-order valence-electron chi connectivity index (χ2n) is 4.35. The van der Waals surface area contributed by atoms with E-state index in [4.69, 9.17) is 0 Å². The molecule has 0 aromatic carbocycles. The minimum atomic E-state index is -0.849. The zero-order valence-corrected chi connectivity index (χ0v) is 9.95. The van der Waals surface area contributed by atoms with Crippen LogP contribution in [0.25, 0.3) is 5.78 Å². The van der Waals surface area contributed by atoms with Gasteiger partial charge in [0.05, 0.1) is 5.92 Å². The van der Waals surface area contributed by atoms with E-state index in [-0.39, 0.29) is 5.92 Å².